The van der Waals surface area contributed by atoms with E-state index in [4.69, 9.17) is 10.00 Å². The van der Waals surface area contributed by atoms with Gasteiger partial charge in [0.2, 0.25) is 0 Å². The molecule has 0 bridgehead atoms. The molecule has 0 radical (unpaired) electrons. The summed E-state index contributed by atoms with van der Waals surface area (Å²) in [6.07, 6.45) is 0. The van der Waals surface area contributed by atoms with Crippen molar-refractivity contribution < 1.29 is 4.74 Å². The molecule has 0 spiro atoms. The van der Waals surface area contributed by atoms with Gasteiger partial charge in [0, 0.05) is 0 Å². The first-order valence-electron chi connectivity index (χ1n) is 3.07. The van der Waals surface area contributed by atoms with Crippen LogP contribution in [-0.4, -0.2) is 22.1 Å². The zero-order valence-electron chi connectivity index (χ0n) is 6.07. The van der Waals surface area contributed by atoms with Gasteiger partial charge < -0.3 is 0 Å². The molecule has 0 aliphatic carbocycles. The summed E-state index contributed by atoms with van der Waals surface area (Å²) in [5.74, 6) is 0.814. The Morgan fingerprint density at radius 1 is 1.45 bits per heavy atom. The number of nitriles is 1. The minimum absolute atomic E-state index is 0.118. The van der Waals surface area contributed by atoms with Crippen molar-refractivity contribution >= 4 is 19.4 Å². The van der Waals surface area contributed by atoms with Gasteiger partial charge in [0.25, 0.3) is 0 Å². The fourth-order valence-electron chi connectivity index (χ4n) is 0.752. The van der Waals surface area contributed by atoms with Crippen LogP contribution in [0.4, 0.5) is 0 Å². The Balaban J connectivity index is 2.94. The zero-order chi connectivity index (χ0) is 8.10. The second-order valence-electron chi connectivity index (χ2n) is 1.84. The average molecular weight is 212 g/mol. The van der Waals surface area contributed by atoms with Gasteiger partial charge in [-0.2, -0.15) is 0 Å². The molecule has 1 rings (SSSR count). The molecule has 0 saturated heterocycles. The molecule has 0 heterocycles. The third-order valence-electron chi connectivity index (χ3n) is 1.22. The van der Waals surface area contributed by atoms with Crippen molar-refractivity contribution in [2.45, 2.75) is 0 Å². The van der Waals surface area contributed by atoms with Gasteiger partial charge in [0.05, 0.1) is 0 Å². The Bertz CT molecular complexity index is 280. The van der Waals surface area contributed by atoms with E-state index in [1.165, 1.54) is 0 Å². The topological polar surface area (TPSA) is 33.0 Å². The van der Waals surface area contributed by atoms with E-state index in [-0.39, 0.29) is 15.0 Å². The molecule has 0 atom stereocenters. The van der Waals surface area contributed by atoms with Gasteiger partial charge in [0.15, 0.2) is 0 Å². The number of hydrogen-bond acceptors (Lipinski definition) is 2. The molecule has 2 nitrogen and oxygen atoms in total. The Morgan fingerprint density at radius 3 is 2.82 bits per heavy atom. The predicted molar refractivity (Wildman–Crippen MR) is 44.0 cm³/mol. The summed E-state index contributed by atoms with van der Waals surface area (Å²) in [4.78, 5) is 2.14. The van der Waals surface area contributed by atoms with E-state index in [0.717, 1.165) is 10.2 Å². The van der Waals surface area contributed by atoms with Gasteiger partial charge in [-0.3, -0.25) is 0 Å². The predicted octanol–water partition coefficient (Wildman–Crippen LogP) is 0.506. The number of rotatable bonds is 2. The molecule has 0 N–H and O–H groups in total. The minimum atomic E-state index is -0.118. The van der Waals surface area contributed by atoms with Gasteiger partial charge in [-0.15, -0.1) is 0 Å². The summed E-state index contributed by atoms with van der Waals surface area (Å²) in [5, 5.41) is 8.46. The maximum absolute atomic E-state index is 8.46. The summed E-state index contributed by atoms with van der Waals surface area (Å²) in [7, 11) is 1.62. The first kappa shape index (κ1) is 8.13. The van der Waals surface area contributed by atoms with Crippen molar-refractivity contribution in [2.75, 3.05) is 7.11 Å². The molecule has 0 aromatic heterocycles. The van der Waals surface area contributed by atoms with Crippen molar-refractivity contribution in [3.8, 4) is 10.7 Å². The molecule has 0 saturated carbocycles. The van der Waals surface area contributed by atoms with Gasteiger partial charge >= 0.3 is 71.5 Å². The third kappa shape index (κ3) is 1.98. The molecule has 3 heteroatoms. The van der Waals surface area contributed by atoms with Crippen LogP contribution in [0.1, 0.15) is 0 Å². The SMILES string of the molecule is COc1ccccc1[Se]C#N. The van der Waals surface area contributed by atoms with Crippen molar-refractivity contribution in [1.82, 2.24) is 0 Å². The van der Waals surface area contributed by atoms with Gasteiger partial charge in [-0.25, -0.2) is 0 Å². The molecule has 56 valence electrons. The zero-order valence-corrected chi connectivity index (χ0v) is 7.79. The van der Waals surface area contributed by atoms with E-state index in [9.17, 15) is 0 Å². The van der Waals surface area contributed by atoms with Crippen LogP contribution in [0.5, 0.6) is 5.75 Å². The molecule has 0 unspecified atom stereocenters. The molecule has 1 aromatic carbocycles. The van der Waals surface area contributed by atoms with Crippen LogP contribution in [0.3, 0.4) is 0 Å². The summed E-state index contributed by atoms with van der Waals surface area (Å²) in [5.41, 5.74) is 0. The molecule has 0 aliphatic heterocycles. The average Bonchev–Trinajstić information content (AvgIpc) is 2.06. The quantitative estimate of drug-likeness (QED) is 0.669. The third-order valence-corrected chi connectivity index (χ3v) is 2.59. The fraction of sp³-hybridized carbons (Fsp3) is 0.125. The van der Waals surface area contributed by atoms with Crippen molar-refractivity contribution in [3.63, 3.8) is 0 Å². The second-order valence-corrected chi connectivity index (χ2v) is 3.58. The number of benzene rings is 1. The summed E-state index contributed by atoms with van der Waals surface area (Å²) < 4.78 is 6.07. The Kier molecular flexibility index (Phi) is 2.97. The monoisotopic (exact) mass is 213 g/mol. The number of methoxy groups -OCH3 is 1. The molecular formula is C8H7NOSe. The van der Waals surface area contributed by atoms with E-state index >= 15 is 0 Å². The van der Waals surface area contributed by atoms with Gasteiger partial charge in [-0.05, 0) is 0 Å². The Hall–Kier alpha value is -0.971. The van der Waals surface area contributed by atoms with E-state index < -0.39 is 0 Å². The van der Waals surface area contributed by atoms with Crippen LogP contribution >= 0.6 is 0 Å². The van der Waals surface area contributed by atoms with E-state index in [1.807, 2.05) is 24.3 Å². The number of hydrogen-bond donors (Lipinski definition) is 0. The van der Waals surface area contributed by atoms with Crippen molar-refractivity contribution in [1.29, 1.82) is 5.26 Å². The van der Waals surface area contributed by atoms with Crippen molar-refractivity contribution in [3.05, 3.63) is 24.3 Å². The van der Waals surface area contributed by atoms with E-state index in [1.54, 1.807) is 7.11 Å². The first-order valence-corrected chi connectivity index (χ1v) is 4.78. The normalized spacial score (nSPS) is 8.73. The first-order chi connectivity index (χ1) is 5.38. The van der Waals surface area contributed by atoms with Gasteiger partial charge in [0.1, 0.15) is 0 Å². The van der Waals surface area contributed by atoms with Crippen LogP contribution in [0.25, 0.3) is 0 Å². The standard InChI is InChI=1S/C8H7NOSe/c1-10-7-4-2-3-5-8(7)11-6-9/h2-5H,1H3. The Morgan fingerprint density at radius 2 is 2.18 bits per heavy atom. The van der Waals surface area contributed by atoms with E-state index in [2.05, 4.69) is 4.97 Å². The van der Waals surface area contributed by atoms with Crippen LogP contribution in [0, 0.1) is 10.2 Å². The molecule has 0 aliphatic rings. The fourth-order valence-corrected chi connectivity index (χ4v) is 1.79. The molecule has 0 amide bonds. The summed E-state index contributed by atoms with van der Waals surface area (Å²) >= 11 is -0.118. The van der Waals surface area contributed by atoms with Crippen LogP contribution < -0.4 is 9.20 Å². The molecule has 0 fully saturated rings. The van der Waals surface area contributed by atoms with Crippen LogP contribution in [0.2, 0.25) is 0 Å². The molecular weight excluding hydrogens is 205 g/mol. The van der Waals surface area contributed by atoms with Crippen LogP contribution in [-0.2, 0) is 0 Å². The van der Waals surface area contributed by atoms with E-state index in [0.29, 0.717) is 0 Å². The number of ether oxygens (including phenoxy) is 1. The number of para-hydroxylation sites is 1. The second kappa shape index (κ2) is 4.02. The van der Waals surface area contributed by atoms with Crippen LogP contribution in [0.15, 0.2) is 24.3 Å². The summed E-state index contributed by atoms with van der Waals surface area (Å²) in [6.45, 7) is 0. The van der Waals surface area contributed by atoms with Crippen molar-refractivity contribution in [2.24, 2.45) is 0 Å². The number of nitrogens with zero attached hydrogens (tertiary/aromatic N) is 1. The molecule has 11 heavy (non-hydrogen) atoms. The van der Waals surface area contributed by atoms with Gasteiger partial charge in [-0.1, -0.05) is 0 Å². The Labute approximate surface area is 71.9 Å². The summed E-state index contributed by atoms with van der Waals surface area (Å²) in [6, 6.07) is 7.60. The maximum atomic E-state index is 8.46. The molecule has 1 aromatic rings.